The highest BCUT2D eigenvalue weighted by Gasteiger charge is 2.22. The average molecular weight is 391 g/mol. The quantitative estimate of drug-likeness (QED) is 0.702. The maximum atomic E-state index is 12.7. The average Bonchev–Trinajstić information content (AvgIpc) is 2.65. The molecule has 2 N–H and O–H groups in total. The molecule has 1 unspecified atom stereocenters. The Hall–Kier alpha value is -1.98. The minimum atomic E-state index is -0.628. The Morgan fingerprint density at radius 1 is 1.15 bits per heavy atom. The van der Waals surface area contributed by atoms with E-state index in [0.29, 0.717) is 17.0 Å². The molecule has 0 heterocycles. The first-order chi connectivity index (χ1) is 12.5. The van der Waals surface area contributed by atoms with Crippen LogP contribution < -0.4 is 10.6 Å². The van der Waals surface area contributed by atoms with Gasteiger partial charge in [0, 0.05) is 5.69 Å². The SMILES string of the molecule is CCc1cccc(NC(=O)C(CCSC)NC(=O)c2ccccc2Cl)c1. The molecular weight excluding hydrogens is 368 g/mol. The molecule has 0 radical (unpaired) electrons. The van der Waals surface area contributed by atoms with Crippen LogP contribution in [0.5, 0.6) is 0 Å². The van der Waals surface area contributed by atoms with Crippen LogP contribution in [0.3, 0.4) is 0 Å². The second kappa shape index (κ2) is 10.2. The molecule has 2 aromatic carbocycles. The molecule has 1 atom stereocenters. The molecule has 0 fully saturated rings. The number of nitrogens with one attached hydrogen (secondary N) is 2. The second-order valence-electron chi connectivity index (χ2n) is 5.83. The van der Waals surface area contributed by atoms with Crippen LogP contribution in [0, 0.1) is 0 Å². The van der Waals surface area contributed by atoms with E-state index in [9.17, 15) is 9.59 Å². The maximum absolute atomic E-state index is 12.7. The van der Waals surface area contributed by atoms with Crippen LogP contribution in [0.2, 0.25) is 5.02 Å². The molecule has 0 aliphatic carbocycles. The van der Waals surface area contributed by atoms with Gasteiger partial charge < -0.3 is 10.6 Å². The third-order valence-corrected chi connectivity index (χ3v) is 4.93. The van der Waals surface area contributed by atoms with E-state index in [0.717, 1.165) is 23.4 Å². The van der Waals surface area contributed by atoms with E-state index in [4.69, 9.17) is 11.6 Å². The Labute approximate surface area is 163 Å². The van der Waals surface area contributed by atoms with Gasteiger partial charge in [0.15, 0.2) is 0 Å². The van der Waals surface area contributed by atoms with Crippen LogP contribution in [0.1, 0.15) is 29.3 Å². The molecule has 0 saturated heterocycles. The van der Waals surface area contributed by atoms with Gasteiger partial charge in [-0.3, -0.25) is 9.59 Å². The van der Waals surface area contributed by atoms with Crippen molar-refractivity contribution in [2.45, 2.75) is 25.8 Å². The lowest BCUT2D eigenvalue weighted by molar-refractivity contribution is -0.118. The standard InChI is InChI=1S/C20H23ClN2O2S/c1-3-14-7-6-8-15(13-14)22-20(25)18(11-12-26-2)23-19(24)16-9-4-5-10-17(16)21/h4-10,13,18H,3,11-12H2,1-2H3,(H,22,25)(H,23,24). The lowest BCUT2D eigenvalue weighted by Crippen LogP contribution is -2.44. The number of aryl methyl sites for hydroxylation is 1. The van der Waals surface area contributed by atoms with Gasteiger partial charge in [-0.1, -0.05) is 42.8 Å². The largest absolute Gasteiger partial charge is 0.340 e. The molecule has 2 aromatic rings. The summed E-state index contributed by atoms with van der Waals surface area (Å²) in [6.07, 6.45) is 3.40. The third-order valence-electron chi connectivity index (χ3n) is 3.95. The van der Waals surface area contributed by atoms with Gasteiger partial charge in [0.2, 0.25) is 5.91 Å². The molecule has 26 heavy (non-hydrogen) atoms. The number of benzene rings is 2. The van der Waals surface area contributed by atoms with E-state index in [1.807, 2.05) is 30.5 Å². The summed E-state index contributed by atoms with van der Waals surface area (Å²) in [5, 5.41) is 6.08. The predicted octanol–water partition coefficient (Wildman–Crippen LogP) is 4.39. The zero-order valence-electron chi connectivity index (χ0n) is 14.9. The van der Waals surface area contributed by atoms with Crippen molar-refractivity contribution < 1.29 is 9.59 Å². The molecule has 0 aromatic heterocycles. The van der Waals surface area contributed by atoms with Crippen LogP contribution in [-0.2, 0) is 11.2 Å². The third kappa shape index (κ3) is 5.78. The Kier molecular flexibility index (Phi) is 8.01. The minimum absolute atomic E-state index is 0.229. The summed E-state index contributed by atoms with van der Waals surface area (Å²) in [6, 6.07) is 13.9. The molecule has 0 saturated carbocycles. The van der Waals surface area contributed by atoms with E-state index in [-0.39, 0.29) is 11.8 Å². The highest BCUT2D eigenvalue weighted by Crippen LogP contribution is 2.16. The van der Waals surface area contributed by atoms with Crippen molar-refractivity contribution in [1.29, 1.82) is 0 Å². The van der Waals surface area contributed by atoms with Crippen LogP contribution in [-0.4, -0.2) is 29.9 Å². The molecule has 2 amide bonds. The van der Waals surface area contributed by atoms with Gasteiger partial charge in [0.05, 0.1) is 10.6 Å². The van der Waals surface area contributed by atoms with Crippen molar-refractivity contribution >= 4 is 40.9 Å². The maximum Gasteiger partial charge on any atom is 0.253 e. The zero-order chi connectivity index (χ0) is 18.9. The van der Waals surface area contributed by atoms with Crippen molar-refractivity contribution in [1.82, 2.24) is 5.32 Å². The van der Waals surface area contributed by atoms with Gasteiger partial charge in [-0.15, -0.1) is 0 Å². The molecule has 2 rings (SSSR count). The Balaban J connectivity index is 2.11. The molecule has 0 bridgehead atoms. The number of hydrogen-bond acceptors (Lipinski definition) is 3. The van der Waals surface area contributed by atoms with Crippen LogP contribution in [0.4, 0.5) is 5.69 Å². The summed E-state index contributed by atoms with van der Waals surface area (Å²) < 4.78 is 0. The number of hydrogen-bond donors (Lipinski definition) is 2. The van der Waals surface area contributed by atoms with Gasteiger partial charge in [-0.05, 0) is 54.7 Å². The first kappa shape index (κ1) is 20.3. The van der Waals surface area contributed by atoms with Crippen molar-refractivity contribution in [2.24, 2.45) is 0 Å². The number of halogens is 1. The van der Waals surface area contributed by atoms with Crippen molar-refractivity contribution in [3.63, 3.8) is 0 Å². The highest BCUT2D eigenvalue weighted by atomic mass is 35.5. The molecule has 138 valence electrons. The summed E-state index contributed by atoms with van der Waals surface area (Å²) in [7, 11) is 0. The first-order valence-electron chi connectivity index (χ1n) is 8.49. The van der Waals surface area contributed by atoms with Gasteiger partial charge in [-0.2, -0.15) is 11.8 Å². The van der Waals surface area contributed by atoms with Crippen molar-refractivity contribution in [3.8, 4) is 0 Å². The topological polar surface area (TPSA) is 58.2 Å². The van der Waals surface area contributed by atoms with E-state index in [1.165, 1.54) is 0 Å². The Bertz CT molecular complexity index is 767. The molecule has 4 nitrogen and oxygen atoms in total. The normalized spacial score (nSPS) is 11.7. The van der Waals surface area contributed by atoms with Crippen LogP contribution in [0.15, 0.2) is 48.5 Å². The van der Waals surface area contributed by atoms with Crippen molar-refractivity contribution in [3.05, 3.63) is 64.7 Å². The summed E-state index contributed by atoms with van der Waals surface area (Å²) in [5.41, 5.74) is 2.24. The fourth-order valence-electron chi connectivity index (χ4n) is 2.48. The molecule has 0 aliphatic heterocycles. The smallest absolute Gasteiger partial charge is 0.253 e. The summed E-state index contributed by atoms with van der Waals surface area (Å²) in [4.78, 5) is 25.2. The highest BCUT2D eigenvalue weighted by molar-refractivity contribution is 7.98. The van der Waals surface area contributed by atoms with Gasteiger partial charge in [0.1, 0.15) is 6.04 Å². The predicted molar refractivity (Wildman–Crippen MR) is 110 cm³/mol. The second-order valence-corrected chi connectivity index (χ2v) is 7.22. The van der Waals surface area contributed by atoms with Gasteiger partial charge >= 0.3 is 0 Å². The van der Waals surface area contributed by atoms with Crippen LogP contribution in [0.25, 0.3) is 0 Å². The Morgan fingerprint density at radius 2 is 1.92 bits per heavy atom. The summed E-state index contributed by atoms with van der Waals surface area (Å²) in [6.45, 7) is 2.06. The molecular formula is C20H23ClN2O2S. The lowest BCUT2D eigenvalue weighted by atomic mass is 10.1. The number of anilines is 1. The summed E-state index contributed by atoms with van der Waals surface area (Å²) >= 11 is 7.71. The number of carbonyl (C=O) groups excluding carboxylic acids is 2. The Morgan fingerprint density at radius 3 is 2.62 bits per heavy atom. The summed E-state index contributed by atoms with van der Waals surface area (Å²) in [5.74, 6) is 0.183. The fraction of sp³-hybridized carbons (Fsp3) is 0.300. The number of carbonyl (C=O) groups is 2. The van der Waals surface area contributed by atoms with Gasteiger partial charge in [-0.25, -0.2) is 0 Å². The van der Waals surface area contributed by atoms with E-state index in [1.54, 1.807) is 36.0 Å². The number of thioether (sulfide) groups is 1. The first-order valence-corrected chi connectivity index (χ1v) is 10.3. The van der Waals surface area contributed by atoms with E-state index < -0.39 is 6.04 Å². The van der Waals surface area contributed by atoms with Gasteiger partial charge in [0.25, 0.3) is 5.91 Å². The van der Waals surface area contributed by atoms with E-state index >= 15 is 0 Å². The minimum Gasteiger partial charge on any atom is -0.340 e. The molecule has 0 spiro atoms. The van der Waals surface area contributed by atoms with E-state index in [2.05, 4.69) is 17.6 Å². The monoisotopic (exact) mass is 390 g/mol. The molecule has 0 aliphatic rings. The fourth-order valence-corrected chi connectivity index (χ4v) is 3.18. The zero-order valence-corrected chi connectivity index (χ0v) is 16.5. The molecule has 6 heteroatoms. The van der Waals surface area contributed by atoms with Crippen molar-refractivity contribution in [2.75, 3.05) is 17.3 Å². The van der Waals surface area contributed by atoms with Crippen LogP contribution >= 0.6 is 23.4 Å². The number of amides is 2. The lowest BCUT2D eigenvalue weighted by Gasteiger charge is -2.19. The number of rotatable bonds is 8.